The Bertz CT molecular complexity index is 1120. The molecule has 1 aromatic heterocycles. The third kappa shape index (κ3) is 4.78. The number of thiazole rings is 1. The van der Waals surface area contributed by atoms with E-state index in [0.717, 1.165) is 10.6 Å². The minimum atomic E-state index is -0.518. The summed E-state index contributed by atoms with van der Waals surface area (Å²) in [6.07, 6.45) is 0. The molecule has 0 saturated carbocycles. The number of fused-ring (bicyclic) bond motifs is 1. The molecule has 0 bridgehead atoms. The summed E-state index contributed by atoms with van der Waals surface area (Å²) < 4.78 is 5.35. The average Bonchev–Trinajstić information content (AvgIpc) is 3.23. The summed E-state index contributed by atoms with van der Waals surface area (Å²) >= 11 is 2.75. The Hall–Kier alpha value is -3.17. The fourth-order valence-corrected chi connectivity index (χ4v) is 4.93. The molecule has 9 heteroatoms. The van der Waals surface area contributed by atoms with Crippen molar-refractivity contribution in [1.82, 2.24) is 4.98 Å². The minimum Gasteiger partial charge on any atom is -0.458 e. The van der Waals surface area contributed by atoms with Gasteiger partial charge < -0.3 is 4.74 Å². The lowest BCUT2D eigenvalue weighted by Crippen LogP contribution is -2.39. The van der Waals surface area contributed by atoms with Crippen molar-refractivity contribution in [1.29, 1.82) is 0 Å². The van der Waals surface area contributed by atoms with E-state index in [1.807, 2.05) is 54.6 Å². The highest BCUT2D eigenvalue weighted by Gasteiger charge is 2.27. The van der Waals surface area contributed by atoms with Crippen molar-refractivity contribution in [2.75, 3.05) is 22.1 Å². The highest BCUT2D eigenvalue weighted by Crippen LogP contribution is 2.35. The molecule has 4 rings (SSSR count). The predicted octanol–water partition coefficient (Wildman–Crippen LogP) is 4.01. The number of esters is 1. The number of carbonyl (C=O) groups is 3. The first-order valence-electron chi connectivity index (χ1n) is 9.51. The summed E-state index contributed by atoms with van der Waals surface area (Å²) in [6, 6.07) is 16.7. The molecule has 1 aliphatic rings. The van der Waals surface area contributed by atoms with Crippen molar-refractivity contribution < 1.29 is 19.1 Å². The van der Waals surface area contributed by atoms with Gasteiger partial charge in [0.15, 0.2) is 5.13 Å². The van der Waals surface area contributed by atoms with Crippen LogP contribution in [0.5, 0.6) is 0 Å². The lowest BCUT2D eigenvalue weighted by molar-refractivity contribution is -0.144. The van der Waals surface area contributed by atoms with Crippen LogP contribution < -0.4 is 9.80 Å². The molecule has 2 heterocycles. The van der Waals surface area contributed by atoms with Crippen molar-refractivity contribution in [3.05, 3.63) is 65.7 Å². The van der Waals surface area contributed by atoms with Crippen LogP contribution in [-0.2, 0) is 25.7 Å². The number of hydrogen-bond acceptors (Lipinski definition) is 7. The third-order valence-electron chi connectivity index (χ3n) is 4.54. The van der Waals surface area contributed by atoms with Gasteiger partial charge in [0.1, 0.15) is 13.2 Å². The molecule has 0 unspecified atom stereocenters. The van der Waals surface area contributed by atoms with Crippen LogP contribution in [-0.4, -0.2) is 35.1 Å². The zero-order valence-electron chi connectivity index (χ0n) is 16.7. The number of amides is 2. The number of nitrogens with zero attached hydrogens (tertiary/aromatic N) is 3. The van der Waals surface area contributed by atoms with Gasteiger partial charge in [-0.25, -0.2) is 4.98 Å². The molecule has 2 aromatic carbocycles. The Kier molecular flexibility index (Phi) is 6.34. The van der Waals surface area contributed by atoms with Crippen LogP contribution in [0.15, 0.2) is 64.9 Å². The maximum absolute atomic E-state index is 12.4. The maximum Gasteiger partial charge on any atom is 0.326 e. The second-order valence-corrected chi connectivity index (χ2v) is 8.56. The first-order chi connectivity index (χ1) is 15.0. The van der Waals surface area contributed by atoms with E-state index in [1.54, 1.807) is 5.38 Å². The van der Waals surface area contributed by atoms with Gasteiger partial charge in [-0.15, -0.1) is 23.1 Å². The number of rotatable bonds is 6. The van der Waals surface area contributed by atoms with Crippen molar-refractivity contribution in [3.8, 4) is 0 Å². The van der Waals surface area contributed by atoms with Crippen molar-refractivity contribution in [2.45, 2.75) is 18.4 Å². The summed E-state index contributed by atoms with van der Waals surface area (Å²) in [5, 5.41) is 2.25. The first-order valence-corrected chi connectivity index (χ1v) is 11.4. The normalized spacial score (nSPS) is 12.9. The SMILES string of the molecule is CC(=O)N(c1ccccc1)c1nc(COC(=O)CN2C(=O)CSc3ccccc32)cs1. The van der Waals surface area contributed by atoms with Crippen molar-refractivity contribution in [2.24, 2.45) is 0 Å². The molecule has 0 aliphatic carbocycles. The predicted molar refractivity (Wildman–Crippen MR) is 121 cm³/mol. The summed E-state index contributed by atoms with van der Waals surface area (Å²) in [5.74, 6) is -0.517. The molecule has 158 valence electrons. The summed E-state index contributed by atoms with van der Waals surface area (Å²) in [6.45, 7) is 1.28. The lowest BCUT2D eigenvalue weighted by atomic mass is 10.2. The second-order valence-electron chi connectivity index (χ2n) is 6.71. The van der Waals surface area contributed by atoms with Crippen LogP contribution in [0.25, 0.3) is 0 Å². The third-order valence-corrected chi connectivity index (χ3v) is 6.46. The van der Waals surface area contributed by atoms with E-state index in [9.17, 15) is 14.4 Å². The van der Waals surface area contributed by atoms with Gasteiger partial charge in [0, 0.05) is 17.2 Å². The Morgan fingerprint density at radius 2 is 1.87 bits per heavy atom. The van der Waals surface area contributed by atoms with E-state index in [4.69, 9.17) is 4.74 Å². The summed E-state index contributed by atoms with van der Waals surface area (Å²) in [5.41, 5.74) is 1.97. The zero-order chi connectivity index (χ0) is 21.8. The van der Waals surface area contributed by atoms with Gasteiger partial charge >= 0.3 is 5.97 Å². The Morgan fingerprint density at radius 1 is 1.13 bits per heavy atom. The van der Waals surface area contributed by atoms with Crippen molar-refractivity contribution >= 4 is 57.4 Å². The Balaban J connectivity index is 1.40. The van der Waals surface area contributed by atoms with E-state index in [0.29, 0.717) is 22.3 Å². The smallest absolute Gasteiger partial charge is 0.326 e. The van der Waals surface area contributed by atoms with Gasteiger partial charge in [-0.1, -0.05) is 30.3 Å². The monoisotopic (exact) mass is 453 g/mol. The van der Waals surface area contributed by atoms with Crippen LogP contribution >= 0.6 is 23.1 Å². The molecule has 2 amide bonds. The molecule has 0 atom stereocenters. The largest absolute Gasteiger partial charge is 0.458 e. The van der Waals surface area contributed by atoms with Gasteiger partial charge in [-0.2, -0.15) is 0 Å². The summed E-state index contributed by atoms with van der Waals surface area (Å²) in [4.78, 5) is 45.2. The molecular weight excluding hydrogens is 434 g/mol. The number of carbonyl (C=O) groups excluding carboxylic acids is 3. The van der Waals surface area contributed by atoms with Crippen LogP contribution in [0.3, 0.4) is 0 Å². The molecule has 0 N–H and O–H groups in total. The van der Waals surface area contributed by atoms with Gasteiger partial charge in [0.05, 0.1) is 22.8 Å². The topological polar surface area (TPSA) is 79.8 Å². The van der Waals surface area contributed by atoms with Crippen LogP contribution in [0.4, 0.5) is 16.5 Å². The lowest BCUT2D eigenvalue weighted by Gasteiger charge is -2.27. The standard InChI is InChI=1S/C22H19N3O4S2/c1-15(26)25(17-7-3-2-4-8-17)22-23-16(13-31-22)12-29-21(28)11-24-18-9-5-6-10-19(18)30-14-20(24)27/h2-10,13H,11-12,14H2,1H3. The molecule has 31 heavy (non-hydrogen) atoms. The quantitative estimate of drug-likeness (QED) is 0.525. The summed E-state index contributed by atoms with van der Waals surface area (Å²) in [7, 11) is 0. The maximum atomic E-state index is 12.4. The van der Waals surface area contributed by atoms with Crippen LogP contribution in [0.2, 0.25) is 0 Å². The first kappa shape index (κ1) is 21.1. The van der Waals surface area contributed by atoms with Crippen LogP contribution in [0.1, 0.15) is 12.6 Å². The van der Waals surface area contributed by atoms with E-state index < -0.39 is 5.97 Å². The Labute approximate surface area is 187 Å². The number of aromatic nitrogens is 1. The van der Waals surface area contributed by atoms with E-state index in [-0.39, 0.29) is 25.0 Å². The fourth-order valence-electron chi connectivity index (χ4n) is 3.13. The number of hydrogen-bond donors (Lipinski definition) is 0. The van der Waals surface area contributed by atoms with Gasteiger partial charge in [0.25, 0.3) is 0 Å². The van der Waals surface area contributed by atoms with Gasteiger partial charge in [-0.3, -0.25) is 24.2 Å². The van der Waals surface area contributed by atoms with E-state index in [1.165, 1.54) is 39.8 Å². The van der Waals surface area contributed by atoms with Crippen LogP contribution in [0, 0.1) is 0 Å². The molecule has 3 aromatic rings. The zero-order valence-corrected chi connectivity index (χ0v) is 18.3. The highest BCUT2D eigenvalue weighted by molar-refractivity contribution is 8.00. The number of anilines is 3. The number of para-hydroxylation sites is 2. The molecule has 0 spiro atoms. The van der Waals surface area contributed by atoms with E-state index >= 15 is 0 Å². The van der Waals surface area contributed by atoms with Crippen molar-refractivity contribution in [3.63, 3.8) is 0 Å². The number of benzene rings is 2. The Morgan fingerprint density at radius 3 is 2.65 bits per heavy atom. The molecule has 1 aliphatic heterocycles. The average molecular weight is 454 g/mol. The second kappa shape index (κ2) is 9.32. The van der Waals surface area contributed by atoms with E-state index in [2.05, 4.69) is 4.98 Å². The number of thioether (sulfide) groups is 1. The molecule has 7 nitrogen and oxygen atoms in total. The minimum absolute atomic E-state index is 0.0334. The molecular formula is C22H19N3O4S2. The van der Waals surface area contributed by atoms with Gasteiger partial charge in [-0.05, 0) is 24.3 Å². The number of ether oxygens (including phenoxy) is 1. The van der Waals surface area contributed by atoms with Gasteiger partial charge in [0.2, 0.25) is 11.8 Å². The molecule has 0 fully saturated rings. The molecule has 0 radical (unpaired) electrons. The fraction of sp³-hybridized carbons (Fsp3) is 0.182. The molecule has 0 saturated heterocycles. The highest BCUT2D eigenvalue weighted by atomic mass is 32.2.